The molecule has 0 N–H and O–H groups in total. The first kappa shape index (κ1) is 12.6. The Morgan fingerprint density at radius 1 is 1.20 bits per heavy atom. The Morgan fingerprint density at radius 3 is 2.40 bits per heavy atom. The van der Waals surface area contributed by atoms with Gasteiger partial charge in [-0.05, 0) is 65.3 Å². The van der Waals surface area contributed by atoms with Crippen LogP contribution in [0.2, 0.25) is 0 Å². The Kier molecular flexibility index (Phi) is 4.35. The molecule has 0 saturated carbocycles. The fourth-order valence-corrected chi connectivity index (χ4v) is 5.45. The molecular weight excluding hydrogens is 447 g/mol. The molecule has 2 heterocycles. The van der Waals surface area contributed by atoms with Gasteiger partial charge in [0.1, 0.15) is 5.38 Å². The Labute approximate surface area is 126 Å². The molecule has 0 saturated heterocycles. The SMILES string of the molecule is ClC(c1cc(Br)c(Br)s1)c1sccc1Br. The standard InChI is InChI=1S/C9H4Br3ClS2/c10-4-1-2-14-8(4)7(13)6-3-5(11)9(12)15-6/h1-3,7H. The molecule has 6 heteroatoms. The van der Waals surface area contributed by atoms with Crippen LogP contribution in [0.5, 0.6) is 0 Å². The molecule has 1 unspecified atom stereocenters. The van der Waals surface area contributed by atoms with Gasteiger partial charge >= 0.3 is 0 Å². The van der Waals surface area contributed by atoms with Gasteiger partial charge in [0.25, 0.3) is 0 Å². The van der Waals surface area contributed by atoms with Crippen LogP contribution in [0.4, 0.5) is 0 Å². The van der Waals surface area contributed by atoms with Crippen LogP contribution in [-0.2, 0) is 0 Å². The van der Waals surface area contributed by atoms with Gasteiger partial charge in [-0.15, -0.1) is 34.3 Å². The van der Waals surface area contributed by atoms with Crippen molar-refractivity contribution in [3.8, 4) is 0 Å². The molecule has 0 amide bonds. The summed E-state index contributed by atoms with van der Waals surface area (Å²) in [5.74, 6) is 0. The van der Waals surface area contributed by atoms with E-state index in [0.29, 0.717) is 0 Å². The Bertz CT molecular complexity index is 458. The predicted molar refractivity (Wildman–Crippen MR) is 79.4 cm³/mol. The number of hydrogen-bond donors (Lipinski definition) is 0. The van der Waals surface area contributed by atoms with Crippen LogP contribution in [0.25, 0.3) is 0 Å². The van der Waals surface area contributed by atoms with E-state index in [1.165, 1.54) is 0 Å². The highest BCUT2D eigenvalue weighted by molar-refractivity contribution is 9.13. The van der Waals surface area contributed by atoms with E-state index in [4.69, 9.17) is 11.6 Å². The van der Waals surface area contributed by atoms with Gasteiger partial charge in [-0.25, -0.2) is 0 Å². The number of rotatable bonds is 2. The second-order valence-corrected chi connectivity index (χ2v) is 8.26. The number of halogens is 4. The zero-order valence-corrected chi connectivity index (χ0v) is 14.3. The fraction of sp³-hybridized carbons (Fsp3) is 0.111. The van der Waals surface area contributed by atoms with Gasteiger partial charge < -0.3 is 0 Å². The molecule has 0 aromatic carbocycles. The largest absolute Gasteiger partial charge is 0.146 e. The summed E-state index contributed by atoms with van der Waals surface area (Å²) in [6.07, 6.45) is 0. The van der Waals surface area contributed by atoms with Crippen molar-refractivity contribution in [3.63, 3.8) is 0 Å². The van der Waals surface area contributed by atoms with Crippen LogP contribution in [0.15, 0.2) is 30.2 Å². The van der Waals surface area contributed by atoms with Gasteiger partial charge in [0.15, 0.2) is 0 Å². The average Bonchev–Trinajstić information content (AvgIpc) is 2.74. The molecule has 0 aliphatic rings. The van der Waals surface area contributed by atoms with E-state index in [0.717, 1.165) is 22.5 Å². The third kappa shape index (κ3) is 2.69. The van der Waals surface area contributed by atoms with Crippen molar-refractivity contribution in [2.24, 2.45) is 0 Å². The maximum atomic E-state index is 6.41. The highest BCUT2D eigenvalue weighted by atomic mass is 79.9. The van der Waals surface area contributed by atoms with E-state index < -0.39 is 0 Å². The molecule has 0 aliphatic heterocycles. The van der Waals surface area contributed by atoms with Crippen molar-refractivity contribution in [1.29, 1.82) is 0 Å². The minimum Gasteiger partial charge on any atom is -0.146 e. The molecule has 0 aliphatic carbocycles. The monoisotopic (exact) mass is 448 g/mol. The molecule has 1 atom stereocenters. The molecule has 2 rings (SSSR count). The normalized spacial score (nSPS) is 13.1. The minimum atomic E-state index is -0.0769. The van der Waals surface area contributed by atoms with Crippen molar-refractivity contribution >= 4 is 82.1 Å². The van der Waals surface area contributed by atoms with E-state index in [1.54, 1.807) is 22.7 Å². The molecule has 0 fully saturated rings. The zero-order valence-electron chi connectivity index (χ0n) is 7.14. The van der Waals surface area contributed by atoms with Crippen molar-refractivity contribution in [3.05, 3.63) is 40.0 Å². The third-order valence-electron chi connectivity index (χ3n) is 1.79. The second kappa shape index (κ2) is 5.19. The molecule has 15 heavy (non-hydrogen) atoms. The second-order valence-electron chi connectivity index (χ2n) is 2.77. The van der Waals surface area contributed by atoms with Gasteiger partial charge in [-0.1, -0.05) is 0 Å². The first-order valence-corrected chi connectivity index (χ1v) is 8.42. The van der Waals surface area contributed by atoms with Crippen molar-refractivity contribution in [1.82, 2.24) is 0 Å². The molecule has 2 aromatic rings. The summed E-state index contributed by atoms with van der Waals surface area (Å²) in [6, 6.07) is 4.08. The highest BCUT2D eigenvalue weighted by Gasteiger charge is 2.18. The van der Waals surface area contributed by atoms with Crippen LogP contribution < -0.4 is 0 Å². The van der Waals surface area contributed by atoms with Crippen LogP contribution in [0.3, 0.4) is 0 Å². The van der Waals surface area contributed by atoms with E-state index in [1.807, 2.05) is 11.4 Å². The lowest BCUT2D eigenvalue weighted by Gasteiger charge is -2.04. The maximum Gasteiger partial charge on any atom is 0.103 e. The zero-order chi connectivity index (χ0) is 11.0. The summed E-state index contributed by atoms with van der Waals surface area (Å²) in [7, 11) is 0. The van der Waals surface area contributed by atoms with E-state index in [-0.39, 0.29) is 5.38 Å². The average molecular weight is 451 g/mol. The summed E-state index contributed by atoms with van der Waals surface area (Å²) < 4.78 is 3.21. The predicted octanol–water partition coefficient (Wildman–Crippen LogP) is 6.43. The third-order valence-corrected chi connectivity index (χ3v) is 7.76. The molecule has 0 bridgehead atoms. The van der Waals surface area contributed by atoms with Crippen LogP contribution >= 0.6 is 82.1 Å². The highest BCUT2D eigenvalue weighted by Crippen LogP contribution is 2.43. The fourth-order valence-electron chi connectivity index (χ4n) is 1.10. The Balaban J connectivity index is 2.36. The van der Waals surface area contributed by atoms with Crippen molar-refractivity contribution < 1.29 is 0 Å². The quantitative estimate of drug-likeness (QED) is 0.462. The van der Waals surface area contributed by atoms with Gasteiger partial charge in [0.05, 0.1) is 3.79 Å². The van der Waals surface area contributed by atoms with E-state index in [2.05, 4.69) is 53.9 Å². The Morgan fingerprint density at radius 2 is 1.93 bits per heavy atom. The van der Waals surface area contributed by atoms with Crippen LogP contribution in [0, 0.1) is 0 Å². The molecule has 0 spiro atoms. The lowest BCUT2D eigenvalue weighted by molar-refractivity contribution is 1.22. The topological polar surface area (TPSA) is 0 Å². The molecular formula is C9H4Br3ClS2. The van der Waals surface area contributed by atoms with Gasteiger partial charge in [0.2, 0.25) is 0 Å². The molecule has 0 radical (unpaired) electrons. The summed E-state index contributed by atoms with van der Waals surface area (Å²) in [5, 5.41) is 1.96. The first-order chi connectivity index (χ1) is 7.09. The lowest BCUT2D eigenvalue weighted by atomic mass is 10.3. The van der Waals surface area contributed by atoms with Gasteiger partial charge in [-0.3, -0.25) is 0 Å². The Hall–Kier alpha value is 1.13. The summed E-state index contributed by atoms with van der Waals surface area (Å²) in [4.78, 5) is 2.29. The molecule has 2 aromatic heterocycles. The maximum absolute atomic E-state index is 6.41. The van der Waals surface area contributed by atoms with Crippen molar-refractivity contribution in [2.75, 3.05) is 0 Å². The summed E-state index contributed by atoms with van der Waals surface area (Å²) in [6.45, 7) is 0. The lowest BCUT2D eigenvalue weighted by Crippen LogP contribution is -1.85. The smallest absolute Gasteiger partial charge is 0.103 e. The number of alkyl halides is 1. The first-order valence-electron chi connectivity index (χ1n) is 3.91. The van der Waals surface area contributed by atoms with Crippen LogP contribution in [-0.4, -0.2) is 0 Å². The van der Waals surface area contributed by atoms with Crippen molar-refractivity contribution in [2.45, 2.75) is 5.38 Å². The van der Waals surface area contributed by atoms with Gasteiger partial charge in [-0.2, -0.15) is 0 Å². The summed E-state index contributed by atoms with van der Waals surface area (Å²) in [5.41, 5.74) is 0. The minimum absolute atomic E-state index is 0.0769. The molecule has 80 valence electrons. The number of thiophene rings is 2. The van der Waals surface area contributed by atoms with Crippen LogP contribution in [0.1, 0.15) is 15.1 Å². The number of hydrogen-bond acceptors (Lipinski definition) is 2. The van der Waals surface area contributed by atoms with E-state index >= 15 is 0 Å². The van der Waals surface area contributed by atoms with Gasteiger partial charge in [0, 0.05) is 18.7 Å². The van der Waals surface area contributed by atoms with E-state index in [9.17, 15) is 0 Å². The summed E-state index contributed by atoms with van der Waals surface area (Å²) >= 11 is 20.2. The molecule has 0 nitrogen and oxygen atoms in total.